The number of fused-ring (bicyclic) bond motifs is 1. The Kier molecular flexibility index (Phi) is 5.95. The van der Waals surface area contributed by atoms with Gasteiger partial charge in [-0.15, -0.1) is 0 Å². The molecule has 1 N–H and O–H groups in total. The molecule has 1 amide bonds. The second-order valence-electron chi connectivity index (χ2n) is 8.91. The Labute approximate surface area is 202 Å². The third kappa shape index (κ3) is 4.23. The number of ketones is 1. The summed E-state index contributed by atoms with van der Waals surface area (Å²) >= 11 is 0. The lowest BCUT2D eigenvalue weighted by Gasteiger charge is -2.31. The average molecular weight is 468 g/mol. The van der Waals surface area contributed by atoms with Crippen molar-refractivity contribution in [3.8, 4) is 17.1 Å². The number of para-hydroxylation sites is 1. The van der Waals surface area contributed by atoms with Crippen LogP contribution in [0.3, 0.4) is 0 Å². The minimum absolute atomic E-state index is 0.0243. The second kappa shape index (κ2) is 9.22. The number of hydrogen-bond donors (Lipinski definition) is 1. The van der Waals surface area contributed by atoms with Crippen LogP contribution in [0.1, 0.15) is 39.1 Å². The van der Waals surface area contributed by atoms with E-state index in [1.165, 1.54) is 12.1 Å². The maximum absolute atomic E-state index is 13.5. The quantitative estimate of drug-likeness (QED) is 0.416. The van der Waals surface area contributed by atoms with Gasteiger partial charge < -0.3 is 14.4 Å². The first-order chi connectivity index (χ1) is 16.9. The lowest BCUT2D eigenvalue weighted by Crippen LogP contribution is -2.40. The SMILES string of the molecule is Cc1c(-c2ccccc2)oc2c(C(=O)N3CCC(C(=O)c4ccc(O)cc4)CC3)cccc2c1=O. The smallest absolute Gasteiger partial charge is 0.257 e. The van der Waals surface area contributed by atoms with Crippen LogP contribution in [0.4, 0.5) is 0 Å². The molecule has 1 aliphatic heterocycles. The fourth-order valence-electron chi connectivity index (χ4n) is 4.72. The first kappa shape index (κ1) is 22.6. The maximum atomic E-state index is 13.5. The number of piperidine rings is 1. The molecule has 0 radical (unpaired) electrons. The zero-order chi connectivity index (χ0) is 24.5. The van der Waals surface area contributed by atoms with Crippen molar-refractivity contribution in [2.24, 2.45) is 5.92 Å². The molecule has 0 aliphatic carbocycles. The van der Waals surface area contributed by atoms with E-state index >= 15 is 0 Å². The van der Waals surface area contributed by atoms with Gasteiger partial charge in [-0.1, -0.05) is 36.4 Å². The fraction of sp³-hybridized carbons (Fsp3) is 0.207. The Morgan fingerprint density at radius 2 is 1.60 bits per heavy atom. The van der Waals surface area contributed by atoms with Gasteiger partial charge in [0, 0.05) is 35.7 Å². The van der Waals surface area contributed by atoms with Crippen LogP contribution < -0.4 is 5.43 Å². The zero-order valence-electron chi connectivity index (χ0n) is 19.4. The number of aromatic hydroxyl groups is 1. The molecule has 0 unspecified atom stereocenters. The summed E-state index contributed by atoms with van der Waals surface area (Å²) in [7, 11) is 0. The van der Waals surface area contributed by atoms with E-state index in [0.29, 0.717) is 53.8 Å². The van der Waals surface area contributed by atoms with Crippen LogP contribution in [-0.2, 0) is 0 Å². The van der Waals surface area contributed by atoms with Crippen LogP contribution >= 0.6 is 0 Å². The van der Waals surface area contributed by atoms with E-state index in [1.807, 2.05) is 30.3 Å². The van der Waals surface area contributed by atoms with E-state index in [9.17, 15) is 19.5 Å². The highest BCUT2D eigenvalue weighted by Crippen LogP contribution is 2.29. The van der Waals surface area contributed by atoms with E-state index in [-0.39, 0.29) is 34.4 Å². The topological polar surface area (TPSA) is 87.8 Å². The molecule has 0 bridgehead atoms. The number of amides is 1. The van der Waals surface area contributed by atoms with Gasteiger partial charge in [-0.05, 0) is 56.2 Å². The van der Waals surface area contributed by atoms with Crippen LogP contribution in [0.25, 0.3) is 22.3 Å². The molecule has 2 heterocycles. The molecular formula is C29H25NO5. The van der Waals surface area contributed by atoms with Crippen molar-refractivity contribution >= 4 is 22.7 Å². The van der Waals surface area contributed by atoms with Crippen molar-refractivity contribution in [1.82, 2.24) is 4.90 Å². The van der Waals surface area contributed by atoms with Gasteiger partial charge in [0.2, 0.25) is 0 Å². The maximum Gasteiger partial charge on any atom is 0.257 e. The standard InChI is InChI=1S/C29H25NO5/c1-18-25(32)23-8-5-9-24(28(23)35-27(18)21-6-3-2-4-7-21)29(34)30-16-14-20(15-17-30)26(33)19-10-12-22(31)13-11-19/h2-13,20,31H,14-17H2,1H3. The van der Waals surface area contributed by atoms with Gasteiger partial charge in [-0.2, -0.15) is 0 Å². The van der Waals surface area contributed by atoms with Crippen LogP contribution in [0, 0.1) is 12.8 Å². The Hall–Kier alpha value is -4.19. The molecule has 6 nitrogen and oxygen atoms in total. The monoisotopic (exact) mass is 467 g/mol. The largest absolute Gasteiger partial charge is 0.508 e. The molecule has 0 saturated carbocycles. The third-order valence-electron chi connectivity index (χ3n) is 6.72. The Morgan fingerprint density at radius 3 is 2.29 bits per heavy atom. The van der Waals surface area contributed by atoms with Crippen molar-refractivity contribution in [2.45, 2.75) is 19.8 Å². The Balaban J connectivity index is 1.41. The van der Waals surface area contributed by atoms with Crippen molar-refractivity contribution in [3.05, 3.63) is 99.7 Å². The van der Waals surface area contributed by atoms with E-state index in [0.717, 1.165) is 5.56 Å². The summed E-state index contributed by atoms with van der Waals surface area (Å²) in [5.41, 5.74) is 2.32. The van der Waals surface area contributed by atoms with Gasteiger partial charge in [0.05, 0.1) is 10.9 Å². The molecule has 4 aromatic rings. The van der Waals surface area contributed by atoms with Gasteiger partial charge in [0.15, 0.2) is 16.8 Å². The number of benzene rings is 3. The van der Waals surface area contributed by atoms with Crippen molar-refractivity contribution in [1.29, 1.82) is 0 Å². The lowest BCUT2D eigenvalue weighted by atomic mass is 9.88. The molecule has 0 spiro atoms. The molecule has 1 fully saturated rings. The summed E-state index contributed by atoms with van der Waals surface area (Å²) in [6.07, 6.45) is 1.10. The number of likely N-dealkylation sites (tertiary alicyclic amines) is 1. The molecule has 176 valence electrons. The number of phenolic OH excluding ortho intramolecular Hbond substituents is 1. The number of nitrogens with zero attached hydrogens (tertiary/aromatic N) is 1. The highest BCUT2D eigenvalue weighted by atomic mass is 16.3. The number of rotatable bonds is 4. The minimum atomic E-state index is -0.211. The molecule has 6 heteroatoms. The number of Topliss-reactive ketones (excluding diaryl/α,β-unsaturated/α-hetero) is 1. The predicted octanol–water partition coefficient (Wildman–Crippen LogP) is 5.21. The van der Waals surface area contributed by atoms with Gasteiger partial charge >= 0.3 is 0 Å². The zero-order valence-corrected chi connectivity index (χ0v) is 19.4. The van der Waals surface area contributed by atoms with Crippen LogP contribution in [0.15, 0.2) is 82.0 Å². The van der Waals surface area contributed by atoms with Crippen LogP contribution in [-0.4, -0.2) is 34.8 Å². The average Bonchev–Trinajstić information content (AvgIpc) is 2.90. The minimum Gasteiger partial charge on any atom is -0.508 e. The molecule has 1 aromatic heterocycles. The summed E-state index contributed by atoms with van der Waals surface area (Å²) in [5, 5.41) is 9.84. The molecule has 0 atom stereocenters. The number of carbonyl (C=O) groups excluding carboxylic acids is 2. The van der Waals surface area contributed by atoms with Crippen molar-refractivity contribution in [2.75, 3.05) is 13.1 Å². The van der Waals surface area contributed by atoms with E-state index in [4.69, 9.17) is 4.42 Å². The summed E-state index contributed by atoms with van der Waals surface area (Å²) in [4.78, 5) is 41.2. The van der Waals surface area contributed by atoms with Gasteiger partial charge in [0.1, 0.15) is 11.5 Å². The molecule has 1 aliphatic rings. The van der Waals surface area contributed by atoms with E-state index in [1.54, 1.807) is 42.2 Å². The first-order valence-corrected chi connectivity index (χ1v) is 11.7. The molecular weight excluding hydrogens is 442 g/mol. The summed E-state index contributed by atoms with van der Waals surface area (Å²) in [5.74, 6) is 0.214. The van der Waals surface area contributed by atoms with Gasteiger partial charge in [-0.25, -0.2) is 0 Å². The summed E-state index contributed by atoms with van der Waals surface area (Å²) < 4.78 is 6.21. The Morgan fingerprint density at radius 1 is 0.914 bits per heavy atom. The van der Waals surface area contributed by atoms with E-state index < -0.39 is 0 Å². The van der Waals surface area contributed by atoms with Crippen molar-refractivity contribution < 1.29 is 19.1 Å². The van der Waals surface area contributed by atoms with Gasteiger partial charge in [0.25, 0.3) is 5.91 Å². The highest BCUT2D eigenvalue weighted by molar-refractivity contribution is 6.05. The number of phenols is 1. The molecule has 3 aromatic carbocycles. The first-order valence-electron chi connectivity index (χ1n) is 11.7. The Bertz CT molecular complexity index is 1460. The highest BCUT2D eigenvalue weighted by Gasteiger charge is 2.30. The second-order valence-corrected chi connectivity index (χ2v) is 8.91. The van der Waals surface area contributed by atoms with E-state index in [2.05, 4.69) is 0 Å². The molecule has 35 heavy (non-hydrogen) atoms. The number of carbonyl (C=O) groups is 2. The molecule has 5 rings (SSSR count). The van der Waals surface area contributed by atoms with Crippen molar-refractivity contribution in [3.63, 3.8) is 0 Å². The number of hydrogen-bond acceptors (Lipinski definition) is 5. The summed E-state index contributed by atoms with van der Waals surface area (Å²) in [6, 6.07) is 20.7. The third-order valence-corrected chi connectivity index (χ3v) is 6.72. The normalized spacial score (nSPS) is 14.3. The fourth-order valence-corrected chi connectivity index (χ4v) is 4.72. The van der Waals surface area contributed by atoms with Crippen LogP contribution in [0.5, 0.6) is 5.75 Å². The predicted molar refractivity (Wildman–Crippen MR) is 134 cm³/mol. The van der Waals surface area contributed by atoms with Gasteiger partial charge in [-0.3, -0.25) is 14.4 Å². The molecule has 1 saturated heterocycles. The van der Waals surface area contributed by atoms with Crippen LogP contribution in [0.2, 0.25) is 0 Å². The lowest BCUT2D eigenvalue weighted by molar-refractivity contribution is 0.0651. The summed E-state index contributed by atoms with van der Waals surface area (Å²) in [6.45, 7) is 2.61.